The lowest BCUT2D eigenvalue weighted by Gasteiger charge is -2.27. The summed E-state index contributed by atoms with van der Waals surface area (Å²) >= 11 is 0. The number of carbonyl (C=O) groups is 2. The van der Waals surface area contributed by atoms with Crippen LogP contribution in [-0.2, 0) is 9.59 Å². The number of rotatable bonds is 9. The van der Waals surface area contributed by atoms with Gasteiger partial charge in [-0.25, -0.2) is 0 Å². The molecule has 2 aromatic carbocycles. The van der Waals surface area contributed by atoms with Crippen LogP contribution in [0.5, 0.6) is 11.5 Å². The van der Waals surface area contributed by atoms with Crippen LogP contribution in [0.2, 0.25) is 0 Å². The molecule has 1 fully saturated rings. The molecule has 1 heterocycles. The predicted octanol–water partition coefficient (Wildman–Crippen LogP) is 3.78. The number of likely N-dealkylation sites (N-methyl/N-ethyl adjacent to an activating group) is 1. The Morgan fingerprint density at radius 2 is 1.79 bits per heavy atom. The molecule has 1 N–H and O–H groups in total. The van der Waals surface area contributed by atoms with Gasteiger partial charge in [0, 0.05) is 19.2 Å². The van der Waals surface area contributed by atoms with Gasteiger partial charge in [-0.2, -0.15) is 0 Å². The Morgan fingerprint density at radius 1 is 1.06 bits per heavy atom. The fraction of sp³-hybridized carbons (Fsp3) is 0.385. The molecule has 1 aliphatic rings. The average molecular weight is 453 g/mol. The lowest BCUT2D eigenvalue weighted by Crippen LogP contribution is -2.35. The van der Waals surface area contributed by atoms with E-state index in [1.807, 2.05) is 64.0 Å². The molecular weight excluding hydrogens is 420 g/mol. The number of ether oxygens (including phenoxy) is 2. The molecule has 0 aliphatic carbocycles. The monoisotopic (exact) mass is 452 g/mol. The number of amides is 1. The Morgan fingerprint density at radius 3 is 2.42 bits per heavy atom. The Bertz CT molecular complexity index is 1060. The zero-order valence-electron chi connectivity index (χ0n) is 19.9. The van der Waals surface area contributed by atoms with Gasteiger partial charge in [0.25, 0.3) is 11.7 Å². The second-order valence-electron chi connectivity index (χ2n) is 8.23. The summed E-state index contributed by atoms with van der Waals surface area (Å²) in [6.45, 7) is 7.47. The molecule has 7 nitrogen and oxygen atoms in total. The summed E-state index contributed by atoms with van der Waals surface area (Å²) in [6.07, 6.45) is 0. The SMILES string of the molecule is CCOc1ccc(/C(O)=C2/C(=O)C(=O)N(CCN(C)C)C2c2cccc(C)c2)c(OCC)c1. The second kappa shape index (κ2) is 10.5. The molecule has 33 heavy (non-hydrogen) atoms. The van der Waals surface area contributed by atoms with Gasteiger partial charge in [-0.3, -0.25) is 9.59 Å². The van der Waals surface area contributed by atoms with Crippen LogP contribution in [0, 0.1) is 6.92 Å². The number of aliphatic hydroxyl groups excluding tert-OH is 1. The third kappa shape index (κ3) is 5.20. The predicted molar refractivity (Wildman–Crippen MR) is 128 cm³/mol. The average Bonchev–Trinajstić information content (AvgIpc) is 3.02. The molecule has 1 aliphatic heterocycles. The molecule has 176 valence electrons. The van der Waals surface area contributed by atoms with Gasteiger partial charge >= 0.3 is 0 Å². The first-order valence-electron chi connectivity index (χ1n) is 11.2. The normalized spacial score (nSPS) is 17.6. The van der Waals surface area contributed by atoms with Crippen molar-refractivity contribution in [3.8, 4) is 11.5 Å². The van der Waals surface area contributed by atoms with Crippen LogP contribution < -0.4 is 9.47 Å². The first kappa shape index (κ1) is 24.3. The van der Waals surface area contributed by atoms with Crippen LogP contribution in [0.1, 0.15) is 36.6 Å². The topological polar surface area (TPSA) is 79.3 Å². The summed E-state index contributed by atoms with van der Waals surface area (Å²) in [5, 5.41) is 11.4. The van der Waals surface area contributed by atoms with Crippen molar-refractivity contribution in [3.63, 3.8) is 0 Å². The summed E-state index contributed by atoms with van der Waals surface area (Å²) in [4.78, 5) is 29.7. The maximum Gasteiger partial charge on any atom is 0.295 e. The van der Waals surface area contributed by atoms with E-state index in [4.69, 9.17) is 9.47 Å². The van der Waals surface area contributed by atoms with E-state index in [0.29, 0.717) is 43.4 Å². The van der Waals surface area contributed by atoms with Crippen molar-refractivity contribution in [2.24, 2.45) is 0 Å². The van der Waals surface area contributed by atoms with Gasteiger partial charge in [0.1, 0.15) is 17.3 Å². The molecule has 1 saturated heterocycles. The smallest absolute Gasteiger partial charge is 0.295 e. The van der Waals surface area contributed by atoms with Crippen molar-refractivity contribution in [1.29, 1.82) is 0 Å². The zero-order valence-corrected chi connectivity index (χ0v) is 19.9. The molecule has 0 radical (unpaired) electrons. The number of hydrogen-bond donors (Lipinski definition) is 1. The van der Waals surface area contributed by atoms with Gasteiger partial charge in [0.2, 0.25) is 0 Å². The molecule has 1 amide bonds. The van der Waals surface area contributed by atoms with Crippen molar-refractivity contribution >= 4 is 17.4 Å². The van der Waals surface area contributed by atoms with Gasteiger partial charge in [-0.15, -0.1) is 0 Å². The maximum absolute atomic E-state index is 13.2. The highest BCUT2D eigenvalue weighted by Gasteiger charge is 2.46. The fourth-order valence-electron chi connectivity index (χ4n) is 3.98. The Balaban J connectivity index is 2.18. The van der Waals surface area contributed by atoms with Crippen molar-refractivity contribution in [3.05, 3.63) is 64.7 Å². The number of likely N-dealkylation sites (tertiary alicyclic amines) is 1. The number of hydrogen-bond acceptors (Lipinski definition) is 6. The second-order valence-corrected chi connectivity index (χ2v) is 8.23. The lowest BCUT2D eigenvalue weighted by molar-refractivity contribution is -0.140. The minimum Gasteiger partial charge on any atom is -0.507 e. The summed E-state index contributed by atoms with van der Waals surface area (Å²) in [5.41, 5.74) is 2.19. The van der Waals surface area contributed by atoms with Crippen LogP contribution in [0.15, 0.2) is 48.0 Å². The lowest BCUT2D eigenvalue weighted by atomic mass is 9.94. The molecule has 0 aromatic heterocycles. The van der Waals surface area contributed by atoms with Crippen LogP contribution in [-0.4, -0.2) is 67.0 Å². The first-order valence-corrected chi connectivity index (χ1v) is 11.2. The summed E-state index contributed by atoms with van der Waals surface area (Å²) in [6, 6.07) is 12.0. The van der Waals surface area contributed by atoms with Crippen molar-refractivity contribution < 1.29 is 24.2 Å². The largest absolute Gasteiger partial charge is 0.507 e. The molecule has 3 rings (SSSR count). The molecule has 0 spiro atoms. The third-order valence-electron chi connectivity index (χ3n) is 5.50. The highest BCUT2D eigenvalue weighted by Crippen LogP contribution is 2.41. The van der Waals surface area contributed by atoms with Gasteiger partial charge < -0.3 is 24.4 Å². The van der Waals surface area contributed by atoms with Gasteiger partial charge in [0.05, 0.1) is 30.4 Å². The van der Waals surface area contributed by atoms with E-state index in [1.165, 1.54) is 4.90 Å². The van der Waals surface area contributed by atoms with E-state index in [0.717, 1.165) is 11.1 Å². The van der Waals surface area contributed by atoms with E-state index < -0.39 is 17.7 Å². The van der Waals surface area contributed by atoms with Crippen LogP contribution >= 0.6 is 0 Å². The zero-order chi connectivity index (χ0) is 24.1. The van der Waals surface area contributed by atoms with Crippen molar-refractivity contribution in [2.75, 3.05) is 40.4 Å². The molecule has 0 saturated carbocycles. The quantitative estimate of drug-likeness (QED) is 0.354. The number of ketones is 1. The van der Waals surface area contributed by atoms with Crippen LogP contribution in [0.25, 0.3) is 5.76 Å². The van der Waals surface area contributed by atoms with Crippen LogP contribution in [0.4, 0.5) is 0 Å². The van der Waals surface area contributed by atoms with Gasteiger partial charge in [0.15, 0.2) is 0 Å². The Hall–Kier alpha value is -3.32. The van der Waals surface area contributed by atoms with Crippen molar-refractivity contribution in [2.45, 2.75) is 26.8 Å². The molecule has 1 atom stereocenters. The standard InChI is InChI=1S/C26H32N2O5/c1-6-32-19-11-12-20(21(16-19)33-7-2)24(29)22-23(18-10-8-9-17(3)15-18)28(14-13-27(4)5)26(31)25(22)30/h8-12,15-16,23,29H,6-7,13-14H2,1-5H3/b24-22-. The van der Waals surface area contributed by atoms with E-state index in [9.17, 15) is 14.7 Å². The number of aliphatic hydroxyl groups is 1. The van der Waals surface area contributed by atoms with Crippen molar-refractivity contribution in [1.82, 2.24) is 9.80 Å². The number of nitrogens with zero attached hydrogens (tertiary/aromatic N) is 2. The third-order valence-corrected chi connectivity index (χ3v) is 5.50. The molecule has 2 aromatic rings. The molecule has 0 bridgehead atoms. The number of Topliss-reactive ketones (excluding diaryl/α,β-unsaturated/α-hetero) is 1. The summed E-state index contributed by atoms with van der Waals surface area (Å²) in [7, 11) is 3.82. The Kier molecular flexibility index (Phi) is 7.76. The van der Waals surface area contributed by atoms with E-state index in [2.05, 4.69) is 0 Å². The fourth-order valence-corrected chi connectivity index (χ4v) is 3.98. The van der Waals surface area contributed by atoms with E-state index in [-0.39, 0.29) is 11.3 Å². The minimum absolute atomic E-state index is 0.0643. The van der Waals surface area contributed by atoms with Gasteiger partial charge in [-0.1, -0.05) is 29.8 Å². The molecule has 7 heteroatoms. The number of carbonyl (C=O) groups excluding carboxylic acids is 2. The molecule has 1 unspecified atom stereocenters. The summed E-state index contributed by atoms with van der Waals surface area (Å²) < 4.78 is 11.3. The molecular formula is C26H32N2O5. The maximum atomic E-state index is 13.2. The first-order chi connectivity index (χ1) is 15.8. The number of aryl methyl sites for hydroxylation is 1. The van der Waals surface area contributed by atoms with E-state index in [1.54, 1.807) is 18.2 Å². The minimum atomic E-state index is -0.700. The highest BCUT2D eigenvalue weighted by molar-refractivity contribution is 6.46. The highest BCUT2D eigenvalue weighted by atomic mass is 16.5. The van der Waals surface area contributed by atoms with Gasteiger partial charge in [-0.05, 0) is 52.6 Å². The number of benzene rings is 2. The Labute approximate surface area is 195 Å². The van der Waals surface area contributed by atoms with Crippen LogP contribution in [0.3, 0.4) is 0 Å². The van der Waals surface area contributed by atoms with E-state index >= 15 is 0 Å². The summed E-state index contributed by atoms with van der Waals surface area (Å²) in [5.74, 6) is -0.579.